The normalized spacial score (nSPS) is 25.5. The van der Waals surface area contributed by atoms with E-state index in [1.165, 1.54) is 0 Å². The molecule has 0 bridgehead atoms. The maximum absolute atomic E-state index is 13.1. The van der Waals surface area contributed by atoms with Crippen molar-refractivity contribution in [2.24, 2.45) is 0 Å². The SMILES string of the molecule is CC1(C)CN(C(=O)c2ccc3nc(C(F)F)[nH]c3c2)CC2(CCOC2)O1. The van der Waals surface area contributed by atoms with Crippen molar-refractivity contribution in [3.63, 3.8) is 0 Å². The van der Waals surface area contributed by atoms with Gasteiger partial charge in [-0.3, -0.25) is 4.79 Å². The molecule has 6 nitrogen and oxygen atoms in total. The van der Waals surface area contributed by atoms with Gasteiger partial charge in [0.25, 0.3) is 12.3 Å². The Kier molecular flexibility index (Phi) is 4.00. The quantitative estimate of drug-likeness (QED) is 0.889. The summed E-state index contributed by atoms with van der Waals surface area (Å²) < 4.78 is 37.4. The summed E-state index contributed by atoms with van der Waals surface area (Å²) in [5, 5.41) is 0. The predicted molar refractivity (Wildman–Crippen MR) is 90.3 cm³/mol. The number of halogens is 2. The van der Waals surface area contributed by atoms with Gasteiger partial charge in [-0.05, 0) is 32.0 Å². The number of nitrogens with one attached hydrogen (secondary N) is 1. The molecule has 2 saturated heterocycles. The molecular weight excluding hydrogens is 344 g/mol. The standard InChI is InChI=1S/C18H21F2N3O3/c1-17(2)8-23(9-18(26-17)5-6-25-10-18)16(24)11-3-4-12-13(7-11)22-15(21-12)14(19)20/h3-4,7,14H,5-6,8-10H2,1-2H3,(H,21,22). The Morgan fingerprint density at radius 1 is 1.35 bits per heavy atom. The average molecular weight is 365 g/mol. The van der Waals surface area contributed by atoms with Gasteiger partial charge in [-0.15, -0.1) is 0 Å². The summed E-state index contributed by atoms with van der Waals surface area (Å²) >= 11 is 0. The van der Waals surface area contributed by atoms with Crippen molar-refractivity contribution >= 4 is 16.9 Å². The first-order valence-corrected chi connectivity index (χ1v) is 8.62. The van der Waals surface area contributed by atoms with Crippen LogP contribution in [0, 0.1) is 0 Å². The Balaban J connectivity index is 1.62. The molecule has 0 saturated carbocycles. The second kappa shape index (κ2) is 5.99. The number of H-pyrrole nitrogens is 1. The van der Waals surface area contributed by atoms with Crippen LogP contribution in [-0.4, -0.2) is 58.3 Å². The maximum Gasteiger partial charge on any atom is 0.295 e. The maximum atomic E-state index is 13.1. The third kappa shape index (κ3) is 3.07. The van der Waals surface area contributed by atoms with Crippen LogP contribution in [0.4, 0.5) is 8.78 Å². The van der Waals surface area contributed by atoms with Crippen LogP contribution in [-0.2, 0) is 9.47 Å². The lowest BCUT2D eigenvalue weighted by atomic mass is 9.94. The van der Waals surface area contributed by atoms with Crippen molar-refractivity contribution in [1.29, 1.82) is 0 Å². The van der Waals surface area contributed by atoms with Gasteiger partial charge in [0.05, 0.1) is 29.8 Å². The number of morpholine rings is 1. The zero-order valence-electron chi connectivity index (χ0n) is 14.7. The number of imidazole rings is 1. The highest BCUT2D eigenvalue weighted by Gasteiger charge is 2.48. The van der Waals surface area contributed by atoms with Crippen molar-refractivity contribution in [3.8, 4) is 0 Å². The lowest BCUT2D eigenvalue weighted by molar-refractivity contribution is -0.186. The molecule has 2 aromatic rings. The monoisotopic (exact) mass is 365 g/mol. The summed E-state index contributed by atoms with van der Waals surface area (Å²) in [4.78, 5) is 21.2. The Hall–Kier alpha value is -2.06. The Morgan fingerprint density at radius 2 is 2.15 bits per heavy atom. The highest BCUT2D eigenvalue weighted by Crippen LogP contribution is 2.35. The van der Waals surface area contributed by atoms with Gasteiger partial charge >= 0.3 is 0 Å². The van der Waals surface area contributed by atoms with E-state index in [1.807, 2.05) is 13.8 Å². The first-order valence-electron chi connectivity index (χ1n) is 8.62. The summed E-state index contributed by atoms with van der Waals surface area (Å²) in [6, 6.07) is 4.79. The zero-order chi connectivity index (χ0) is 18.5. The number of alkyl halides is 2. The first-order chi connectivity index (χ1) is 12.3. The van der Waals surface area contributed by atoms with Gasteiger partial charge in [-0.25, -0.2) is 13.8 Å². The van der Waals surface area contributed by atoms with E-state index in [9.17, 15) is 13.6 Å². The van der Waals surface area contributed by atoms with E-state index in [1.54, 1.807) is 23.1 Å². The predicted octanol–water partition coefficient (Wildman–Crippen LogP) is 2.91. The molecule has 3 heterocycles. The molecule has 26 heavy (non-hydrogen) atoms. The number of rotatable bonds is 2. The van der Waals surface area contributed by atoms with Gasteiger partial charge < -0.3 is 19.4 Å². The Labute approximate surface area is 149 Å². The molecule has 140 valence electrons. The number of aromatic nitrogens is 2. The molecule has 0 radical (unpaired) electrons. The fraction of sp³-hybridized carbons (Fsp3) is 0.556. The number of ether oxygens (including phenoxy) is 2. The molecule has 1 spiro atoms. The number of nitrogens with zero attached hydrogens (tertiary/aromatic N) is 2. The van der Waals surface area contributed by atoms with Crippen LogP contribution in [0.2, 0.25) is 0 Å². The minimum absolute atomic E-state index is 0.150. The van der Waals surface area contributed by atoms with Crippen molar-refractivity contribution < 1.29 is 23.0 Å². The lowest BCUT2D eigenvalue weighted by Crippen LogP contribution is -2.61. The average Bonchev–Trinajstić information content (AvgIpc) is 3.18. The second-order valence-corrected chi connectivity index (χ2v) is 7.66. The number of amides is 1. The number of hydrogen-bond acceptors (Lipinski definition) is 4. The summed E-state index contributed by atoms with van der Waals surface area (Å²) in [5.41, 5.74) is 0.326. The minimum Gasteiger partial charge on any atom is -0.378 e. The summed E-state index contributed by atoms with van der Waals surface area (Å²) in [6.07, 6.45) is -1.93. The fourth-order valence-electron chi connectivity index (χ4n) is 3.90. The number of aromatic amines is 1. The number of carbonyl (C=O) groups is 1. The molecule has 1 aromatic heterocycles. The molecule has 8 heteroatoms. The molecule has 0 aliphatic carbocycles. The fourth-order valence-corrected chi connectivity index (χ4v) is 3.90. The molecule has 1 aromatic carbocycles. The van der Waals surface area contributed by atoms with Crippen LogP contribution in [0.15, 0.2) is 18.2 Å². The van der Waals surface area contributed by atoms with E-state index < -0.39 is 17.6 Å². The van der Waals surface area contributed by atoms with E-state index in [0.717, 1.165) is 6.42 Å². The molecule has 2 aliphatic rings. The van der Waals surface area contributed by atoms with Crippen LogP contribution in [0.25, 0.3) is 11.0 Å². The lowest BCUT2D eigenvalue weighted by Gasteiger charge is -2.48. The first kappa shape index (κ1) is 17.4. The van der Waals surface area contributed by atoms with Gasteiger partial charge in [0.15, 0.2) is 5.82 Å². The van der Waals surface area contributed by atoms with E-state index in [2.05, 4.69) is 9.97 Å². The summed E-state index contributed by atoms with van der Waals surface area (Å²) in [6.45, 7) is 5.92. The molecule has 1 atom stereocenters. The molecular formula is C18H21F2N3O3. The van der Waals surface area contributed by atoms with Crippen molar-refractivity contribution in [3.05, 3.63) is 29.6 Å². The van der Waals surface area contributed by atoms with Gasteiger partial charge in [-0.1, -0.05) is 0 Å². The smallest absolute Gasteiger partial charge is 0.295 e. The van der Waals surface area contributed by atoms with Crippen molar-refractivity contribution in [2.45, 2.75) is 37.9 Å². The third-order valence-corrected chi connectivity index (χ3v) is 4.85. The highest BCUT2D eigenvalue weighted by molar-refractivity contribution is 5.97. The van der Waals surface area contributed by atoms with Crippen LogP contribution in [0.3, 0.4) is 0 Å². The van der Waals surface area contributed by atoms with Gasteiger partial charge in [-0.2, -0.15) is 0 Å². The van der Waals surface area contributed by atoms with Crippen molar-refractivity contribution in [1.82, 2.24) is 14.9 Å². The molecule has 1 N–H and O–H groups in total. The minimum atomic E-state index is -2.68. The molecule has 4 rings (SSSR count). The van der Waals surface area contributed by atoms with Gasteiger partial charge in [0.2, 0.25) is 0 Å². The molecule has 1 amide bonds. The van der Waals surface area contributed by atoms with Gasteiger partial charge in [0.1, 0.15) is 5.60 Å². The third-order valence-electron chi connectivity index (χ3n) is 4.85. The highest BCUT2D eigenvalue weighted by atomic mass is 19.3. The summed E-state index contributed by atoms with van der Waals surface area (Å²) in [7, 11) is 0. The van der Waals surface area contributed by atoms with E-state index >= 15 is 0 Å². The Bertz CT molecular complexity index is 843. The van der Waals surface area contributed by atoms with Crippen LogP contribution < -0.4 is 0 Å². The van der Waals surface area contributed by atoms with Crippen LogP contribution >= 0.6 is 0 Å². The molecule has 1 unspecified atom stereocenters. The van der Waals surface area contributed by atoms with Crippen LogP contribution in [0.5, 0.6) is 0 Å². The van der Waals surface area contributed by atoms with Gasteiger partial charge in [0, 0.05) is 25.1 Å². The Morgan fingerprint density at radius 3 is 2.85 bits per heavy atom. The number of carbonyl (C=O) groups excluding carboxylic acids is 1. The van der Waals surface area contributed by atoms with Crippen molar-refractivity contribution in [2.75, 3.05) is 26.3 Å². The van der Waals surface area contributed by atoms with Crippen LogP contribution in [0.1, 0.15) is 42.9 Å². The van der Waals surface area contributed by atoms with E-state index in [0.29, 0.717) is 42.9 Å². The summed E-state index contributed by atoms with van der Waals surface area (Å²) in [5.74, 6) is -0.540. The zero-order valence-corrected chi connectivity index (χ0v) is 14.7. The van der Waals surface area contributed by atoms with E-state index in [-0.39, 0.29) is 11.7 Å². The topological polar surface area (TPSA) is 67.5 Å². The largest absolute Gasteiger partial charge is 0.378 e. The number of fused-ring (bicyclic) bond motifs is 1. The number of benzene rings is 1. The van der Waals surface area contributed by atoms with E-state index in [4.69, 9.17) is 9.47 Å². The molecule has 2 aliphatic heterocycles. The molecule has 2 fully saturated rings. The second-order valence-electron chi connectivity index (χ2n) is 7.66. The number of hydrogen-bond donors (Lipinski definition) is 1.